The summed E-state index contributed by atoms with van der Waals surface area (Å²) in [7, 11) is 0. The Labute approximate surface area is 129 Å². The van der Waals surface area contributed by atoms with E-state index in [9.17, 15) is 4.79 Å². The zero-order valence-electron chi connectivity index (χ0n) is 12.9. The highest BCUT2D eigenvalue weighted by Gasteiger charge is 2.59. The predicted molar refractivity (Wildman–Crippen MR) is 83.8 cm³/mol. The van der Waals surface area contributed by atoms with Crippen molar-refractivity contribution in [2.24, 2.45) is 5.41 Å². The Morgan fingerprint density at radius 1 is 1.48 bits per heavy atom. The zero-order chi connectivity index (χ0) is 15.0. The third kappa shape index (κ3) is 2.55. The van der Waals surface area contributed by atoms with E-state index in [1.807, 2.05) is 20.8 Å². The van der Waals surface area contributed by atoms with Gasteiger partial charge in [0, 0.05) is 22.9 Å². The van der Waals surface area contributed by atoms with Crippen LogP contribution >= 0.6 is 11.3 Å². The first kappa shape index (κ1) is 14.8. The summed E-state index contributed by atoms with van der Waals surface area (Å²) in [6.07, 6.45) is 4.83. The lowest BCUT2D eigenvalue weighted by Crippen LogP contribution is -2.68. The molecule has 21 heavy (non-hydrogen) atoms. The first-order valence-corrected chi connectivity index (χ1v) is 8.50. The summed E-state index contributed by atoms with van der Waals surface area (Å²) >= 11 is 1.52. The van der Waals surface area contributed by atoms with Crippen molar-refractivity contribution in [3.8, 4) is 0 Å². The van der Waals surface area contributed by atoms with Crippen LogP contribution in [0.5, 0.6) is 0 Å². The molecule has 0 radical (unpaired) electrons. The molecule has 2 N–H and O–H groups in total. The van der Waals surface area contributed by atoms with Crippen molar-refractivity contribution >= 4 is 22.5 Å². The molecular formula is C15H23N3O2S. The lowest BCUT2D eigenvalue weighted by atomic mass is 9.51. The second-order valence-electron chi connectivity index (χ2n) is 6.08. The number of aromatic nitrogens is 1. The van der Waals surface area contributed by atoms with Crippen LogP contribution in [0.15, 0.2) is 0 Å². The fourth-order valence-corrected chi connectivity index (χ4v) is 4.27. The van der Waals surface area contributed by atoms with Crippen molar-refractivity contribution in [1.82, 2.24) is 10.3 Å². The number of amides is 2. The minimum absolute atomic E-state index is 0.144. The number of hydrogen-bond acceptors (Lipinski definition) is 4. The molecule has 6 heteroatoms. The number of nitrogens with one attached hydrogen (secondary N) is 2. The van der Waals surface area contributed by atoms with Crippen LogP contribution in [0, 0.1) is 19.3 Å². The molecular weight excluding hydrogens is 286 g/mol. The topological polar surface area (TPSA) is 63.2 Å². The van der Waals surface area contributed by atoms with Crippen LogP contribution in [0.25, 0.3) is 0 Å². The van der Waals surface area contributed by atoms with Gasteiger partial charge in [0.05, 0.1) is 11.8 Å². The van der Waals surface area contributed by atoms with Crippen molar-refractivity contribution in [2.75, 3.05) is 11.9 Å². The van der Waals surface area contributed by atoms with E-state index < -0.39 is 0 Å². The first-order chi connectivity index (χ1) is 10.0. The molecule has 3 rings (SSSR count). The van der Waals surface area contributed by atoms with Crippen molar-refractivity contribution in [3.63, 3.8) is 0 Å². The van der Waals surface area contributed by atoms with Crippen LogP contribution < -0.4 is 10.6 Å². The van der Waals surface area contributed by atoms with Crippen LogP contribution in [0.4, 0.5) is 9.93 Å². The molecule has 2 saturated carbocycles. The van der Waals surface area contributed by atoms with E-state index >= 15 is 0 Å². The number of ether oxygens (including phenoxy) is 1. The van der Waals surface area contributed by atoms with E-state index in [0.717, 1.165) is 36.4 Å². The minimum Gasteiger partial charge on any atom is -0.378 e. The summed E-state index contributed by atoms with van der Waals surface area (Å²) in [4.78, 5) is 17.6. The summed E-state index contributed by atoms with van der Waals surface area (Å²) in [6.45, 7) is 6.75. The van der Waals surface area contributed by atoms with E-state index in [0.29, 0.717) is 11.2 Å². The number of rotatable bonds is 4. The Kier molecular flexibility index (Phi) is 3.92. The molecule has 0 saturated heterocycles. The molecule has 1 spiro atoms. The lowest BCUT2D eigenvalue weighted by molar-refractivity contribution is -0.169. The molecule has 1 aromatic rings. The van der Waals surface area contributed by atoms with Crippen molar-refractivity contribution in [1.29, 1.82) is 0 Å². The van der Waals surface area contributed by atoms with Crippen LogP contribution in [-0.4, -0.2) is 29.8 Å². The number of carbonyl (C=O) groups excluding carboxylic acids is 1. The van der Waals surface area contributed by atoms with Gasteiger partial charge in [-0.15, -0.1) is 11.3 Å². The molecule has 0 bridgehead atoms. The lowest BCUT2D eigenvalue weighted by Gasteiger charge is -2.60. The molecule has 2 atom stereocenters. The van der Waals surface area contributed by atoms with Crippen LogP contribution in [-0.2, 0) is 4.74 Å². The largest absolute Gasteiger partial charge is 0.378 e. The molecule has 1 heterocycles. The van der Waals surface area contributed by atoms with Gasteiger partial charge in [-0.25, -0.2) is 9.78 Å². The van der Waals surface area contributed by atoms with Gasteiger partial charge >= 0.3 is 6.03 Å². The molecule has 2 aliphatic carbocycles. The van der Waals surface area contributed by atoms with Gasteiger partial charge in [0.25, 0.3) is 0 Å². The molecule has 0 aromatic carbocycles. The summed E-state index contributed by atoms with van der Waals surface area (Å²) in [5.41, 5.74) is 1.17. The Balaban J connectivity index is 1.56. The van der Waals surface area contributed by atoms with Crippen LogP contribution in [0.1, 0.15) is 43.2 Å². The SMILES string of the molecule is CCO[C@@H]1C[C@H](NC(=O)Nc2nc(C)c(C)s2)C12CCC2. The maximum atomic E-state index is 12.1. The van der Waals surface area contributed by atoms with E-state index in [4.69, 9.17) is 4.74 Å². The maximum Gasteiger partial charge on any atom is 0.321 e. The number of thiazole rings is 1. The fourth-order valence-electron chi connectivity index (χ4n) is 3.46. The Morgan fingerprint density at radius 2 is 2.24 bits per heavy atom. The first-order valence-electron chi connectivity index (χ1n) is 7.68. The third-order valence-corrected chi connectivity index (χ3v) is 5.98. The second kappa shape index (κ2) is 5.57. The smallest absolute Gasteiger partial charge is 0.321 e. The zero-order valence-corrected chi connectivity index (χ0v) is 13.7. The molecule has 116 valence electrons. The second-order valence-corrected chi connectivity index (χ2v) is 7.28. The van der Waals surface area contributed by atoms with E-state index in [1.54, 1.807) is 0 Å². The van der Waals surface area contributed by atoms with E-state index in [1.165, 1.54) is 17.8 Å². The maximum absolute atomic E-state index is 12.1. The van der Waals surface area contributed by atoms with Gasteiger partial charge in [0.2, 0.25) is 0 Å². The molecule has 1 aromatic heterocycles. The highest BCUT2D eigenvalue weighted by atomic mass is 32.1. The molecule has 2 amide bonds. The van der Waals surface area contributed by atoms with Gasteiger partial charge in [-0.1, -0.05) is 6.42 Å². The normalized spacial score (nSPS) is 26.0. The highest BCUT2D eigenvalue weighted by Crippen LogP contribution is 2.57. The van der Waals surface area contributed by atoms with Crippen LogP contribution in [0.2, 0.25) is 0 Å². The monoisotopic (exact) mass is 309 g/mol. The van der Waals surface area contributed by atoms with Crippen LogP contribution in [0.3, 0.4) is 0 Å². The quantitative estimate of drug-likeness (QED) is 0.897. The Morgan fingerprint density at radius 3 is 2.76 bits per heavy atom. The number of anilines is 1. The van der Waals surface area contributed by atoms with Gasteiger partial charge in [-0.2, -0.15) is 0 Å². The number of aryl methyl sites for hydroxylation is 2. The number of nitrogens with zero attached hydrogens (tertiary/aromatic N) is 1. The molecule has 2 fully saturated rings. The van der Waals surface area contributed by atoms with Gasteiger partial charge in [-0.3, -0.25) is 5.32 Å². The Hall–Kier alpha value is -1.14. The summed E-state index contributed by atoms with van der Waals surface area (Å²) in [6, 6.07) is 0.0972. The van der Waals surface area contributed by atoms with E-state index in [-0.39, 0.29) is 17.5 Å². The Bertz CT molecular complexity index is 520. The van der Waals surface area contributed by atoms with E-state index in [2.05, 4.69) is 15.6 Å². The third-order valence-electron chi connectivity index (χ3n) is 4.99. The number of carbonyl (C=O) groups is 1. The molecule has 0 aliphatic heterocycles. The summed E-state index contributed by atoms with van der Waals surface area (Å²) < 4.78 is 5.80. The van der Waals surface area contributed by atoms with Crippen molar-refractivity contribution in [2.45, 2.75) is 58.6 Å². The van der Waals surface area contributed by atoms with Crippen molar-refractivity contribution < 1.29 is 9.53 Å². The summed E-state index contributed by atoms with van der Waals surface area (Å²) in [5.74, 6) is 0. The average molecular weight is 309 g/mol. The standard InChI is InChI=1S/C15H23N3O2S/c1-4-20-12-8-11(15(12)6-5-7-15)17-13(19)18-14-16-9(2)10(3)21-14/h11-12H,4-8H2,1-3H3,(H2,16,17,18,19)/t11-,12+/m0/s1. The van der Waals surface area contributed by atoms with Gasteiger partial charge in [0.1, 0.15) is 0 Å². The van der Waals surface area contributed by atoms with Crippen molar-refractivity contribution in [3.05, 3.63) is 10.6 Å². The van der Waals surface area contributed by atoms with Gasteiger partial charge in [0.15, 0.2) is 5.13 Å². The fraction of sp³-hybridized carbons (Fsp3) is 0.733. The average Bonchev–Trinajstić information content (AvgIpc) is 2.64. The van der Waals surface area contributed by atoms with Gasteiger partial charge < -0.3 is 10.1 Å². The molecule has 0 unspecified atom stereocenters. The minimum atomic E-state index is -0.144. The number of urea groups is 1. The molecule has 5 nitrogen and oxygen atoms in total. The molecule has 2 aliphatic rings. The highest BCUT2D eigenvalue weighted by molar-refractivity contribution is 7.15. The predicted octanol–water partition coefficient (Wildman–Crippen LogP) is 3.23. The number of hydrogen-bond donors (Lipinski definition) is 2. The summed E-state index contributed by atoms with van der Waals surface area (Å²) in [5, 5.41) is 6.64. The van der Waals surface area contributed by atoms with Gasteiger partial charge in [-0.05, 0) is 40.0 Å².